The molecule has 0 N–H and O–H groups in total. The van der Waals surface area contributed by atoms with E-state index in [4.69, 9.17) is 15.0 Å². The van der Waals surface area contributed by atoms with Crippen LogP contribution < -0.4 is 0 Å². The fourth-order valence-electron chi connectivity index (χ4n) is 8.98. The summed E-state index contributed by atoms with van der Waals surface area (Å²) in [5.74, 6) is 0.705. The fraction of sp³-hybridized carbons (Fsp3) is 0.0556. The molecule has 3 nitrogen and oxygen atoms in total. The number of allylic oxidation sites excluding steroid dienone is 1. The second-order valence-corrected chi connectivity index (χ2v) is 15.2. The van der Waals surface area contributed by atoms with Gasteiger partial charge in [0, 0.05) is 39.9 Å². The highest BCUT2D eigenvalue weighted by atomic mass is 14.9. The molecule has 0 amide bonds. The number of nitrogens with zero attached hydrogens (tertiary/aromatic N) is 3. The fourth-order valence-corrected chi connectivity index (χ4v) is 8.98. The summed E-state index contributed by atoms with van der Waals surface area (Å²) < 4.78 is 0. The topological polar surface area (TPSA) is 37.6 Å². The molecule has 268 valence electrons. The van der Waals surface area contributed by atoms with Gasteiger partial charge in [-0.05, 0) is 102 Å². The third kappa shape index (κ3) is 5.62. The van der Waals surface area contributed by atoms with Crippen molar-refractivity contribution in [1.82, 2.24) is 4.98 Å². The van der Waals surface area contributed by atoms with Gasteiger partial charge in [0.2, 0.25) is 0 Å². The summed E-state index contributed by atoms with van der Waals surface area (Å²) in [4.78, 5) is 15.8. The van der Waals surface area contributed by atoms with Crippen LogP contribution in [0.1, 0.15) is 36.5 Å². The number of pyridine rings is 1. The monoisotopic (exact) mass is 727 g/mol. The van der Waals surface area contributed by atoms with Crippen LogP contribution in [0.2, 0.25) is 0 Å². The quantitative estimate of drug-likeness (QED) is 0.166. The molecule has 0 radical (unpaired) electrons. The maximum atomic E-state index is 5.56. The predicted octanol–water partition coefficient (Wildman–Crippen LogP) is 14.1. The Kier molecular flexibility index (Phi) is 7.85. The average Bonchev–Trinajstić information content (AvgIpc) is 3.27. The zero-order valence-electron chi connectivity index (χ0n) is 31.6. The number of aliphatic imine (C=N–C) groups is 2. The minimum atomic E-state index is 0.705. The van der Waals surface area contributed by atoms with Gasteiger partial charge >= 0.3 is 0 Å². The Bertz CT molecular complexity index is 3310. The van der Waals surface area contributed by atoms with Crippen molar-refractivity contribution in [2.24, 2.45) is 9.98 Å². The molecule has 1 aliphatic rings. The highest BCUT2D eigenvalue weighted by molar-refractivity contribution is 6.26. The van der Waals surface area contributed by atoms with Crippen molar-refractivity contribution in [3.05, 3.63) is 205 Å². The molecule has 0 aliphatic carbocycles. The first-order valence-corrected chi connectivity index (χ1v) is 19.7. The van der Waals surface area contributed by atoms with E-state index in [2.05, 4.69) is 177 Å². The summed E-state index contributed by atoms with van der Waals surface area (Å²) in [6.07, 6.45) is 5.67. The molecule has 0 fully saturated rings. The molecule has 9 aromatic carbocycles. The summed E-state index contributed by atoms with van der Waals surface area (Å²) in [6.45, 7) is 2.24. The maximum absolute atomic E-state index is 5.56. The van der Waals surface area contributed by atoms with E-state index >= 15 is 0 Å². The van der Waals surface area contributed by atoms with Gasteiger partial charge in [0.25, 0.3) is 0 Å². The van der Waals surface area contributed by atoms with E-state index in [-0.39, 0.29) is 0 Å². The predicted molar refractivity (Wildman–Crippen MR) is 242 cm³/mol. The summed E-state index contributed by atoms with van der Waals surface area (Å²) in [6, 6.07) is 61.2. The van der Waals surface area contributed by atoms with Crippen molar-refractivity contribution in [2.75, 3.05) is 0 Å². The van der Waals surface area contributed by atoms with Gasteiger partial charge in [-0.25, -0.2) is 9.98 Å². The lowest BCUT2D eigenvalue weighted by Crippen LogP contribution is -2.10. The molecule has 3 heteroatoms. The van der Waals surface area contributed by atoms with Gasteiger partial charge in [-0.2, -0.15) is 0 Å². The van der Waals surface area contributed by atoms with Crippen molar-refractivity contribution in [3.8, 4) is 11.1 Å². The van der Waals surface area contributed by atoms with E-state index < -0.39 is 0 Å². The van der Waals surface area contributed by atoms with Crippen molar-refractivity contribution < 1.29 is 0 Å². The summed E-state index contributed by atoms with van der Waals surface area (Å²) in [5, 5.41) is 14.8. The SMILES string of the molecule is C\C1=C(c2ccc3c4ccccc4c4ccccc4c3c2)/N=C(c2cccc(-c3cncc4ccc5ccc6ccccc6c5c34)c2)\N=C(\c2ccccc2)CC1. The Labute approximate surface area is 331 Å². The largest absolute Gasteiger partial charge is 0.263 e. The van der Waals surface area contributed by atoms with Gasteiger partial charge in [0.1, 0.15) is 0 Å². The van der Waals surface area contributed by atoms with Crippen molar-refractivity contribution >= 4 is 81.9 Å². The van der Waals surface area contributed by atoms with Gasteiger partial charge in [-0.3, -0.25) is 4.98 Å². The summed E-state index contributed by atoms with van der Waals surface area (Å²) in [7, 11) is 0. The number of hydrogen-bond acceptors (Lipinski definition) is 3. The van der Waals surface area contributed by atoms with Crippen LogP contribution in [0.25, 0.3) is 81.5 Å². The van der Waals surface area contributed by atoms with E-state index in [9.17, 15) is 0 Å². The Morgan fingerprint density at radius 3 is 1.77 bits per heavy atom. The van der Waals surface area contributed by atoms with Crippen LogP contribution in [0.5, 0.6) is 0 Å². The van der Waals surface area contributed by atoms with E-state index in [1.54, 1.807) is 0 Å². The molecule has 1 aromatic heterocycles. The number of aromatic nitrogens is 1. The highest BCUT2D eigenvalue weighted by Crippen LogP contribution is 2.40. The van der Waals surface area contributed by atoms with E-state index in [0.717, 1.165) is 57.5 Å². The standard InChI is InChI=1S/C54H37N3/c1-34-22-29-50(36-13-3-2-4-14-36)56-54(57-53(34)39-27-28-47-45-20-8-7-18-43(45)44-19-9-10-21-46(44)48(47)31-39)40-16-11-15-38(30-40)49-33-55-32-41-26-25-37-24-23-35-12-5-6-17-42(35)51(37)52(41)49/h2-21,23-28,30-33H,22,29H2,1H3/b53-34+,56-50+,57-54-. The molecule has 0 unspecified atom stereocenters. The first-order chi connectivity index (χ1) is 28.2. The normalized spacial score (nSPS) is 16.8. The van der Waals surface area contributed by atoms with Crippen LogP contribution in [0.15, 0.2) is 198 Å². The number of amidine groups is 1. The second kappa shape index (κ2) is 13.5. The Morgan fingerprint density at radius 2 is 1.00 bits per heavy atom. The van der Waals surface area contributed by atoms with Crippen LogP contribution in [-0.2, 0) is 0 Å². The first-order valence-electron chi connectivity index (χ1n) is 19.7. The highest BCUT2D eigenvalue weighted by Gasteiger charge is 2.19. The molecular weight excluding hydrogens is 691 g/mol. The maximum Gasteiger partial charge on any atom is 0.160 e. The smallest absolute Gasteiger partial charge is 0.160 e. The van der Waals surface area contributed by atoms with Crippen LogP contribution in [-0.4, -0.2) is 16.5 Å². The molecule has 0 saturated heterocycles. The van der Waals surface area contributed by atoms with E-state index in [1.807, 2.05) is 12.4 Å². The van der Waals surface area contributed by atoms with Crippen molar-refractivity contribution in [2.45, 2.75) is 19.8 Å². The molecule has 0 bridgehead atoms. The van der Waals surface area contributed by atoms with Gasteiger partial charge < -0.3 is 0 Å². The second-order valence-electron chi connectivity index (χ2n) is 15.2. The van der Waals surface area contributed by atoms with Crippen molar-refractivity contribution in [3.63, 3.8) is 0 Å². The minimum Gasteiger partial charge on any atom is -0.263 e. The third-order valence-electron chi connectivity index (χ3n) is 11.8. The van der Waals surface area contributed by atoms with Gasteiger partial charge in [0.15, 0.2) is 5.84 Å². The van der Waals surface area contributed by atoms with Gasteiger partial charge in [-0.1, -0.05) is 158 Å². The molecule has 0 spiro atoms. The summed E-state index contributed by atoms with van der Waals surface area (Å²) in [5.41, 5.74) is 8.63. The number of hydrogen-bond donors (Lipinski definition) is 0. The number of fused-ring (bicyclic) bond motifs is 11. The van der Waals surface area contributed by atoms with Crippen LogP contribution in [0.3, 0.4) is 0 Å². The zero-order valence-corrected chi connectivity index (χ0v) is 31.6. The lowest BCUT2D eigenvalue weighted by Gasteiger charge is -2.18. The minimum absolute atomic E-state index is 0.705. The average molecular weight is 728 g/mol. The number of rotatable bonds is 4. The van der Waals surface area contributed by atoms with Crippen LogP contribution in [0.4, 0.5) is 0 Å². The van der Waals surface area contributed by atoms with Crippen LogP contribution in [0, 0.1) is 0 Å². The van der Waals surface area contributed by atoms with Crippen molar-refractivity contribution in [1.29, 1.82) is 0 Å². The molecule has 11 rings (SSSR count). The molecule has 0 atom stereocenters. The third-order valence-corrected chi connectivity index (χ3v) is 11.8. The van der Waals surface area contributed by atoms with Crippen LogP contribution >= 0.6 is 0 Å². The van der Waals surface area contributed by atoms with Gasteiger partial charge in [-0.15, -0.1) is 0 Å². The van der Waals surface area contributed by atoms with E-state index in [1.165, 1.54) is 64.8 Å². The molecular formula is C54H37N3. The van der Waals surface area contributed by atoms with E-state index in [0.29, 0.717) is 5.84 Å². The Morgan fingerprint density at radius 1 is 0.386 bits per heavy atom. The lowest BCUT2D eigenvalue weighted by molar-refractivity contribution is 1.00. The molecule has 0 saturated carbocycles. The number of benzene rings is 9. The Balaban J connectivity index is 1.13. The molecule has 1 aliphatic heterocycles. The molecule has 2 heterocycles. The molecule has 10 aromatic rings. The lowest BCUT2D eigenvalue weighted by atomic mass is 9.91. The molecule has 57 heavy (non-hydrogen) atoms. The Hall–Kier alpha value is -7.23. The summed E-state index contributed by atoms with van der Waals surface area (Å²) >= 11 is 0. The first kappa shape index (κ1) is 33.1. The zero-order chi connectivity index (χ0) is 37.9. The van der Waals surface area contributed by atoms with Gasteiger partial charge in [0.05, 0.1) is 11.4 Å².